The van der Waals surface area contributed by atoms with Gasteiger partial charge in [-0.3, -0.25) is 0 Å². The molecule has 8 nitrogen and oxygen atoms in total. The zero-order chi connectivity index (χ0) is 22.2. The molecule has 0 saturated carbocycles. The van der Waals surface area contributed by atoms with Crippen molar-refractivity contribution in [3.8, 4) is 28.0 Å². The summed E-state index contributed by atoms with van der Waals surface area (Å²) in [5.41, 5.74) is 5.47. The molecular weight excluding hydrogens is 411 g/mol. The standard InChI is InChI=1S/C23H21FN6O2/c1-4-29-13-25-22-17(9-26-28-23(22)29)14-5-6-19(24)16(7-14)18-11-30-10-15(12-31-2)27-21(30)8-20(18)32-3/h5-11,13H,4,12H2,1-3H3. The molecule has 0 atom stereocenters. The Morgan fingerprint density at radius 1 is 1.06 bits per heavy atom. The van der Waals surface area contributed by atoms with Crippen molar-refractivity contribution in [1.29, 1.82) is 0 Å². The van der Waals surface area contributed by atoms with Crippen molar-refractivity contribution in [1.82, 2.24) is 29.1 Å². The van der Waals surface area contributed by atoms with E-state index in [1.807, 2.05) is 28.3 Å². The van der Waals surface area contributed by atoms with Crippen LogP contribution in [0.1, 0.15) is 12.6 Å². The molecule has 0 bridgehead atoms. The number of hydrogen-bond acceptors (Lipinski definition) is 6. The van der Waals surface area contributed by atoms with E-state index < -0.39 is 0 Å². The molecule has 0 N–H and O–H groups in total. The number of nitrogens with zero attached hydrogens (tertiary/aromatic N) is 6. The molecule has 0 fully saturated rings. The van der Waals surface area contributed by atoms with Crippen LogP contribution in [0, 0.1) is 5.82 Å². The van der Waals surface area contributed by atoms with Crippen LogP contribution < -0.4 is 4.74 Å². The minimum atomic E-state index is -0.360. The van der Waals surface area contributed by atoms with Crippen LogP contribution in [0.25, 0.3) is 39.1 Å². The number of hydrogen-bond donors (Lipinski definition) is 0. The third-order valence-electron chi connectivity index (χ3n) is 5.43. The van der Waals surface area contributed by atoms with Crippen LogP contribution in [0.5, 0.6) is 5.75 Å². The Morgan fingerprint density at radius 2 is 1.94 bits per heavy atom. The van der Waals surface area contributed by atoms with E-state index in [1.54, 1.807) is 44.9 Å². The van der Waals surface area contributed by atoms with Gasteiger partial charge in [0.05, 0.1) is 31.9 Å². The summed E-state index contributed by atoms with van der Waals surface area (Å²) in [7, 11) is 3.18. The Bertz CT molecular complexity index is 1440. The van der Waals surface area contributed by atoms with Gasteiger partial charge in [0.2, 0.25) is 0 Å². The predicted octanol–water partition coefficient (Wildman–Crippen LogP) is 4.12. The first kappa shape index (κ1) is 20.1. The molecule has 162 valence electrons. The summed E-state index contributed by atoms with van der Waals surface area (Å²) in [6, 6.07) is 6.74. The fraction of sp³-hybridized carbons (Fsp3) is 0.217. The molecule has 4 heterocycles. The van der Waals surface area contributed by atoms with Crippen molar-refractivity contribution < 1.29 is 13.9 Å². The minimum absolute atomic E-state index is 0.360. The summed E-state index contributed by atoms with van der Waals surface area (Å²) >= 11 is 0. The van der Waals surface area contributed by atoms with E-state index in [9.17, 15) is 0 Å². The largest absolute Gasteiger partial charge is 0.496 e. The van der Waals surface area contributed by atoms with E-state index in [1.165, 1.54) is 6.07 Å². The number of ether oxygens (including phenoxy) is 2. The van der Waals surface area contributed by atoms with Gasteiger partial charge in [0.15, 0.2) is 5.65 Å². The molecule has 0 radical (unpaired) electrons. The van der Waals surface area contributed by atoms with E-state index in [2.05, 4.69) is 20.2 Å². The molecule has 0 amide bonds. The third kappa shape index (κ3) is 3.27. The van der Waals surface area contributed by atoms with E-state index >= 15 is 4.39 Å². The van der Waals surface area contributed by atoms with Crippen molar-refractivity contribution >= 4 is 16.8 Å². The number of fused-ring (bicyclic) bond motifs is 2. The highest BCUT2D eigenvalue weighted by molar-refractivity contribution is 5.90. The number of imidazole rings is 2. The summed E-state index contributed by atoms with van der Waals surface area (Å²) in [5.74, 6) is 0.164. The Hall–Kier alpha value is -3.85. The number of benzene rings is 1. The average Bonchev–Trinajstić information content (AvgIpc) is 3.41. The number of aromatic nitrogens is 6. The molecule has 0 aliphatic heterocycles. The van der Waals surface area contributed by atoms with Gasteiger partial charge in [-0.1, -0.05) is 6.07 Å². The summed E-state index contributed by atoms with van der Waals surface area (Å²) in [6.07, 6.45) is 7.06. The van der Waals surface area contributed by atoms with Crippen molar-refractivity contribution in [2.24, 2.45) is 0 Å². The minimum Gasteiger partial charge on any atom is -0.496 e. The van der Waals surface area contributed by atoms with Crippen molar-refractivity contribution in [3.05, 3.63) is 60.7 Å². The van der Waals surface area contributed by atoms with Gasteiger partial charge in [0.25, 0.3) is 0 Å². The van der Waals surface area contributed by atoms with Gasteiger partial charge in [-0.25, -0.2) is 14.4 Å². The van der Waals surface area contributed by atoms with Crippen LogP contribution in [-0.4, -0.2) is 43.4 Å². The second-order valence-corrected chi connectivity index (χ2v) is 7.34. The molecule has 5 rings (SSSR count). The summed E-state index contributed by atoms with van der Waals surface area (Å²) in [4.78, 5) is 9.02. The highest BCUT2D eigenvalue weighted by Crippen LogP contribution is 2.36. The number of halogens is 1. The third-order valence-corrected chi connectivity index (χ3v) is 5.43. The lowest BCUT2D eigenvalue weighted by atomic mass is 9.99. The summed E-state index contributed by atoms with van der Waals surface area (Å²) in [6.45, 7) is 3.14. The smallest absolute Gasteiger partial charge is 0.183 e. The lowest BCUT2D eigenvalue weighted by molar-refractivity contribution is 0.182. The lowest BCUT2D eigenvalue weighted by Crippen LogP contribution is -1.97. The maximum Gasteiger partial charge on any atom is 0.183 e. The Morgan fingerprint density at radius 3 is 2.72 bits per heavy atom. The van der Waals surface area contributed by atoms with E-state index in [4.69, 9.17) is 9.47 Å². The normalized spacial score (nSPS) is 11.5. The van der Waals surface area contributed by atoms with Gasteiger partial charge in [0, 0.05) is 48.8 Å². The highest BCUT2D eigenvalue weighted by Gasteiger charge is 2.17. The van der Waals surface area contributed by atoms with Crippen LogP contribution in [0.4, 0.5) is 4.39 Å². The lowest BCUT2D eigenvalue weighted by Gasteiger charge is -2.12. The molecule has 0 aliphatic carbocycles. The molecule has 0 unspecified atom stereocenters. The van der Waals surface area contributed by atoms with Crippen LogP contribution in [-0.2, 0) is 17.9 Å². The van der Waals surface area contributed by atoms with Gasteiger partial charge in [-0.15, -0.1) is 5.10 Å². The van der Waals surface area contributed by atoms with E-state index in [0.29, 0.717) is 34.8 Å². The zero-order valence-corrected chi connectivity index (χ0v) is 17.9. The van der Waals surface area contributed by atoms with Gasteiger partial charge in [-0.2, -0.15) is 5.10 Å². The quantitative estimate of drug-likeness (QED) is 0.402. The first-order valence-electron chi connectivity index (χ1n) is 10.1. The second kappa shape index (κ2) is 8.01. The molecule has 0 saturated heterocycles. The molecular formula is C23H21FN6O2. The van der Waals surface area contributed by atoms with Crippen LogP contribution in [0.2, 0.25) is 0 Å². The van der Waals surface area contributed by atoms with Gasteiger partial charge >= 0.3 is 0 Å². The molecule has 32 heavy (non-hydrogen) atoms. The molecule has 5 aromatic rings. The maximum atomic E-state index is 15.0. The van der Waals surface area contributed by atoms with Gasteiger partial charge < -0.3 is 18.4 Å². The van der Waals surface area contributed by atoms with E-state index in [0.717, 1.165) is 28.9 Å². The van der Waals surface area contributed by atoms with Crippen molar-refractivity contribution in [3.63, 3.8) is 0 Å². The number of methoxy groups -OCH3 is 2. The summed E-state index contributed by atoms with van der Waals surface area (Å²) in [5, 5.41) is 8.35. The van der Waals surface area contributed by atoms with Gasteiger partial charge in [0.1, 0.15) is 22.7 Å². The number of pyridine rings is 1. The van der Waals surface area contributed by atoms with E-state index in [-0.39, 0.29) is 5.82 Å². The first-order valence-corrected chi connectivity index (χ1v) is 10.1. The zero-order valence-electron chi connectivity index (χ0n) is 17.9. The van der Waals surface area contributed by atoms with Crippen molar-refractivity contribution in [2.75, 3.05) is 14.2 Å². The average molecular weight is 432 g/mol. The second-order valence-electron chi connectivity index (χ2n) is 7.34. The Kier molecular flexibility index (Phi) is 5.02. The molecule has 0 aliphatic rings. The number of rotatable bonds is 6. The fourth-order valence-electron chi connectivity index (χ4n) is 3.87. The molecule has 4 aromatic heterocycles. The topological polar surface area (TPSA) is 79.4 Å². The van der Waals surface area contributed by atoms with Crippen LogP contribution >= 0.6 is 0 Å². The Labute approximate surface area is 183 Å². The predicted molar refractivity (Wildman–Crippen MR) is 118 cm³/mol. The van der Waals surface area contributed by atoms with Crippen LogP contribution in [0.15, 0.2) is 49.2 Å². The van der Waals surface area contributed by atoms with Crippen LogP contribution in [0.3, 0.4) is 0 Å². The SMILES string of the molecule is CCn1cnc2c(-c3ccc(F)c(-c4cn5cc(COC)nc5cc4OC)c3)cnnc21. The van der Waals surface area contributed by atoms with Gasteiger partial charge in [-0.05, 0) is 24.6 Å². The Balaban J connectivity index is 1.68. The monoisotopic (exact) mass is 432 g/mol. The fourth-order valence-corrected chi connectivity index (χ4v) is 3.87. The summed E-state index contributed by atoms with van der Waals surface area (Å²) < 4.78 is 29.5. The highest BCUT2D eigenvalue weighted by atomic mass is 19.1. The number of aryl methyl sites for hydroxylation is 1. The maximum absolute atomic E-state index is 15.0. The van der Waals surface area contributed by atoms with Crippen molar-refractivity contribution in [2.45, 2.75) is 20.1 Å². The molecule has 1 aromatic carbocycles. The first-order chi connectivity index (χ1) is 15.6. The molecule has 0 spiro atoms. The molecule has 9 heteroatoms.